The lowest BCUT2D eigenvalue weighted by Crippen LogP contribution is -2.43. The van der Waals surface area contributed by atoms with Crippen molar-refractivity contribution in [3.63, 3.8) is 0 Å². The molecule has 3 nitrogen and oxygen atoms in total. The number of hydrogen-bond acceptors (Lipinski definition) is 2. The van der Waals surface area contributed by atoms with Crippen molar-refractivity contribution >= 4 is 5.91 Å². The summed E-state index contributed by atoms with van der Waals surface area (Å²) < 4.78 is 13.3. The van der Waals surface area contributed by atoms with Crippen LogP contribution in [0.15, 0.2) is 18.2 Å². The summed E-state index contributed by atoms with van der Waals surface area (Å²) in [6.45, 7) is 2.32. The lowest BCUT2D eigenvalue weighted by molar-refractivity contribution is 0.0670. The van der Waals surface area contributed by atoms with Crippen molar-refractivity contribution < 1.29 is 9.18 Å². The minimum absolute atomic E-state index is 0.246. The molecule has 1 fully saturated rings. The molecule has 1 saturated heterocycles. The second-order valence-corrected chi connectivity index (χ2v) is 4.66. The van der Waals surface area contributed by atoms with Gasteiger partial charge in [0.1, 0.15) is 11.9 Å². The second kappa shape index (κ2) is 5.18. The van der Waals surface area contributed by atoms with E-state index in [4.69, 9.17) is 5.26 Å². The van der Waals surface area contributed by atoms with Crippen molar-refractivity contribution in [2.75, 3.05) is 6.54 Å². The zero-order chi connectivity index (χ0) is 13.1. The van der Waals surface area contributed by atoms with Gasteiger partial charge in [0, 0.05) is 12.1 Å². The molecule has 4 heteroatoms. The highest BCUT2D eigenvalue weighted by Gasteiger charge is 2.27. The Hall–Kier alpha value is -1.89. The van der Waals surface area contributed by atoms with Gasteiger partial charge in [-0.05, 0) is 49.9 Å². The number of benzene rings is 1. The molecule has 0 N–H and O–H groups in total. The average molecular weight is 246 g/mol. The van der Waals surface area contributed by atoms with Crippen LogP contribution in [-0.4, -0.2) is 23.4 Å². The largest absolute Gasteiger partial charge is 0.323 e. The molecule has 18 heavy (non-hydrogen) atoms. The van der Waals surface area contributed by atoms with Gasteiger partial charge in [0.2, 0.25) is 0 Å². The molecule has 0 radical (unpaired) electrons. The van der Waals surface area contributed by atoms with Crippen molar-refractivity contribution in [1.29, 1.82) is 5.26 Å². The molecule has 1 aliphatic heterocycles. The molecule has 0 aliphatic carbocycles. The molecule has 1 amide bonds. The minimum atomic E-state index is -0.413. The normalized spacial score (nSPS) is 19.4. The third kappa shape index (κ3) is 2.51. The molecule has 1 aromatic rings. The number of aryl methyl sites for hydroxylation is 1. The predicted molar refractivity (Wildman–Crippen MR) is 65.4 cm³/mol. The molecular formula is C14H15FN2O. The van der Waals surface area contributed by atoms with E-state index in [1.54, 1.807) is 17.9 Å². The van der Waals surface area contributed by atoms with Gasteiger partial charge in [0.25, 0.3) is 5.91 Å². The predicted octanol–water partition coefficient (Wildman–Crippen LogP) is 2.65. The topological polar surface area (TPSA) is 44.1 Å². The number of nitrogens with zero attached hydrogens (tertiary/aromatic N) is 2. The first-order valence-electron chi connectivity index (χ1n) is 6.09. The summed E-state index contributed by atoms with van der Waals surface area (Å²) in [5.74, 6) is -0.660. The fourth-order valence-corrected chi connectivity index (χ4v) is 2.33. The molecule has 0 spiro atoms. The molecule has 1 unspecified atom stereocenters. The van der Waals surface area contributed by atoms with Gasteiger partial charge in [-0.25, -0.2) is 4.39 Å². The van der Waals surface area contributed by atoms with Gasteiger partial charge in [0.15, 0.2) is 0 Å². The number of amides is 1. The van der Waals surface area contributed by atoms with Gasteiger partial charge in [-0.15, -0.1) is 0 Å². The van der Waals surface area contributed by atoms with Gasteiger partial charge in [-0.2, -0.15) is 5.26 Å². The fraction of sp³-hybridized carbons (Fsp3) is 0.429. The van der Waals surface area contributed by atoms with Crippen LogP contribution in [0.5, 0.6) is 0 Å². The molecule has 1 heterocycles. The zero-order valence-corrected chi connectivity index (χ0v) is 10.3. The SMILES string of the molecule is Cc1cc(F)cc(C(=O)N2CCCCC2C#N)c1. The van der Waals surface area contributed by atoms with Crippen molar-refractivity contribution in [3.05, 3.63) is 35.1 Å². The Kier molecular flexibility index (Phi) is 3.61. The van der Waals surface area contributed by atoms with Crippen LogP contribution in [0.4, 0.5) is 4.39 Å². The zero-order valence-electron chi connectivity index (χ0n) is 10.3. The number of piperidine rings is 1. The number of rotatable bonds is 1. The summed E-state index contributed by atoms with van der Waals surface area (Å²) >= 11 is 0. The Labute approximate surface area is 106 Å². The summed E-state index contributed by atoms with van der Waals surface area (Å²) in [5, 5.41) is 9.05. The van der Waals surface area contributed by atoms with E-state index in [1.165, 1.54) is 12.1 Å². The maximum atomic E-state index is 13.3. The lowest BCUT2D eigenvalue weighted by atomic mass is 10.0. The van der Waals surface area contributed by atoms with Crippen LogP contribution in [0.3, 0.4) is 0 Å². The molecule has 1 aromatic carbocycles. The van der Waals surface area contributed by atoms with Crippen molar-refractivity contribution in [3.8, 4) is 6.07 Å². The van der Waals surface area contributed by atoms with Crippen LogP contribution >= 0.6 is 0 Å². The Morgan fingerprint density at radius 2 is 2.22 bits per heavy atom. The van der Waals surface area contributed by atoms with Crippen LogP contribution in [0.2, 0.25) is 0 Å². The van der Waals surface area contributed by atoms with E-state index in [0.717, 1.165) is 12.8 Å². The van der Waals surface area contributed by atoms with Crippen molar-refractivity contribution in [2.45, 2.75) is 32.2 Å². The maximum absolute atomic E-state index is 13.3. The van der Waals surface area contributed by atoms with Crippen LogP contribution in [0.25, 0.3) is 0 Å². The summed E-state index contributed by atoms with van der Waals surface area (Å²) in [6.07, 6.45) is 2.57. The highest BCUT2D eigenvalue weighted by atomic mass is 19.1. The number of carbonyl (C=O) groups is 1. The van der Waals surface area contributed by atoms with E-state index in [9.17, 15) is 9.18 Å². The Morgan fingerprint density at radius 3 is 2.89 bits per heavy atom. The van der Waals surface area contributed by atoms with Gasteiger partial charge in [-0.3, -0.25) is 4.79 Å². The van der Waals surface area contributed by atoms with Crippen LogP contribution in [-0.2, 0) is 0 Å². The summed E-state index contributed by atoms with van der Waals surface area (Å²) in [7, 11) is 0. The highest BCUT2D eigenvalue weighted by molar-refractivity contribution is 5.94. The Bertz CT molecular complexity index is 487. The number of likely N-dealkylation sites (tertiary alicyclic amines) is 1. The monoisotopic (exact) mass is 246 g/mol. The molecular weight excluding hydrogens is 231 g/mol. The molecule has 0 bridgehead atoms. The van der Waals surface area contributed by atoms with Gasteiger partial charge in [-0.1, -0.05) is 0 Å². The average Bonchev–Trinajstić information content (AvgIpc) is 2.36. The third-order valence-corrected chi connectivity index (χ3v) is 3.20. The summed E-state index contributed by atoms with van der Waals surface area (Å²) in [5.41, 5.74) is 1.04. The van der Waals surface area contributed by atoms with E-state index >= 15 is 0 Å². The molecule has 94 valence electrons. The number of halogens is 1. The van der Waals surface area contributed by atoms with Crippen molar-refractivity contribution in [2.24, 2.45) is 0 Å². The smallest absolute Gasteiger partial charge is 0.255 e. The number of hydrogen-bond donors (Lipinski definition) is 0. The van der Waals surface area contributed by atoms with Crippen molar-refractivity contribution in [1.82, 2.24) is 4.90 Å². The van der Waals surface area contributed by atoms with Gasteiger partial charge < -0.3 is 4.90 Å². The number of nitriles is 1. The standard InChI is InChI=1S/C14H15FN2O/c1-10-6-11(8-12(15)7-10)14(18)17-5-3-2-4-13(17)9-16/h6-8,13H,2-5H2,1H3. The van der Waals surface area contributed by atoms with E-state index in [-0.39, 0.29) is 11.9 Å². The van der Waals surface area contributed by atoms with E-state index in [1.807, 2.05) is 0 Å². The van der Waals surface area contributed by atoms with Crippen LogP contribution < -0.4 is 0 Å². The maximum Gasteiger partial charge on any atom is 0.255 e. The molecule has 0 saturated carbocycles. The van der Waals surface area contributed by atoms with Crippen LogP contribution in [0.1, 0.15) is 35.2 Å². The molecule has 1 aliphatic rings. The van der Waals surface area contributed by atoms with Gasteiger partial charge >= 0.3 is 0 Å². The molecule has 1 atom stereocenters. The van der Waals surface area contributed by atoms with E-state index < -0.39 is 5.82 Å². The Morgan fingerprint density at radius 1 is 1.44 bits per heavy atom. The molecule has 0 aromatic heterocycles. The first kappa shape index (κ1) is 12.6. The fourth-order valence-electron chi connectivity index (χ4n) is 2.33. The summed E-state index contributed by atoms with van der Waals surface area (Å²) in [4.78, 5) is 13.8. The van der Waals surface area contributed by atoms with E-state index in [2.05, 4.69) is 6.07 Å². The second-order valence-electron chi connectivity index (χ2n) is 4.66. The first-order chi connectivity index (χ1) is 8.61. The summed E-state index contributed by atoms with van der Waals surface area (Å²) in [6, 6.07) is 6.04. The van der Waals surface area contributed by atoms with Gasteiger partial charge in [0.05, 0.1) is 6.07 Å². The minimum Gasteiger partial charge on any atom is -0.323 e. The number of carbonyl (C=O) groups excluding carboxylic acids is 1. The van der Waals surface area contributed by atoms with Crippen LogP contribution in [0, 0.1) is 24.1 Å². The highest BCUT2D eigenvalue weighted by Crippen LogP contribution is 2.20. The molecule has 2 rings (SSSR count). The quantitative estimate of drug-likeness (QED) is 0.764. The Balaban J connectivity index is 2.27. The third-order valence-electron chi connectivity index (χ3n) is 3.20. The lowest BCUT2D eigenvalue weighted by Gasteiger charge is -2.31. The first-order valence-corrected chi connectivity index (χ1v) is 6.09. The van der Waals surface area contributed by atoms with E-state index in [0.29, 0.717) is 24.1 Å².